The molecule has 10 nitrogen and oxygen atoms in total. The minimum absolute atomic E-state index is 0.0221. The van der Waals surface area contributed by atoms with Crippen molar-refractivity contribution in [1.29, 1.82) is 5.26 Å². The third-order valence-corrected chi connectivity index (χ3v) is 7.26. The molecule has 3 heterocycles. The van der Waals surface area contributed by atoms with E-state index in [0.717, 1.165) is 9.71 Å². The lowest BCUT2D eigenvalue weighted by atomic mass is 10.1. The Hall–Kier alpha value is -4.18. The van der Waals surface area contributed by atoms with Crippen LogP contribution in [0.5, 0.6) is 5.75 Å². The number of nitrogens with two attached hydrogens (primary N) is 1. The average molecular weight is 535 g/mol. The van der Waals surface area contributed by atoms with Gasteiger partial charge in [0.2, 0.25) is 0 Å². The molecule has 1 amide bonds. The van der Waals surface area contributed by atoms with Crippen molar-refractivity contribution in [2.45, 2.75) is 25.4 Å². The van der Waals surface area contributed by atoms with Gasteiger partial charge in [-0.3, -0.25) is 4.79 Å². The predicted octanol–water partition coefficient (Wildman–Crippen LogP) is 3.23. The summed E-state index contributed by atoms with van der Waals surface area (Å²) in [6.07, 6.45) is 1.89. The molecule has 0 bridgehead atoms. The van der Waals surface area contributed by atoms with Crippen molar-refractivity contribution in [3.05, 3.63) is 58.6 Å². The highest BCUT2D eigenvalue weighted by molar-refractivity contribution is 7.18. The Morgan fingerprint density at radius 1 is 1.39 bits per heavy atom. The molecule has 0 radical (unpaired) electrons. The molecule has 1 saturated heterocycles. The van der Waals surface area contributed by atoms with E-state index >= 15 is 4.39 Å². The van der Waals surface area contributed by atoms with Crippen LogP contribution in [0.1, 0.15) is 28.9 Å². The molecule has 0 unspecified atom stereocenters. The van der Waals surface area contributed by atoms with E-state index < -0.39 is 18.8 Å². The number of aryl methyl sites for hydroxylation is 1. The van der Waals surface area contributed by atoms with Crippen LogP contribution in [0.2, 0.25) is 0 Å². The first kappa shape index (κ1) is 24.2. The van der Waals surface area contributed by atoms with Crippen LogP contribution < -0.4 is 20.7 Å². The smallest absolute Gasteiger partial charge is 0.274 e. The van der Waals surface area contributed by atoms with E-state index in [0.29, 0.717) is 29.9 Å². The lowest BCUT2D eigenvalue weighted by molar-refractivity contribution is 0.102. The lowest BCUT2D eigenvalue weighted by Gasteiger charge is -2.28. The van der Waals surface area contributed by atoms with Crippen LogP contribution >= 0.6 is 11.3 Å². The van der Waals surface area contributed by atoms with Crippen LogP contribution in [0.25, 0.3) is 21.6 Å². The quantitative estimate of drug-likeness (QED) is 0.339. The first-order chi connectivity index (χ1) is 18.8. The van der Waals surface area contributed by atoms with Crippen LogP contribution in [0.4, 0.5) is 15.8 Å². The zero-order valence-corrected chi connectivity index (χ0v) is 21.1. The number of thiazole rings is 1. The predicted molar refractivity (Wildman–Crippen MR) is 142 cm³/mol. The number of amides is 1. The molecule has 0 saturated carbocycles. The minimum atomic E-state index is -0.909. The van der Waals surface area contributed by atoms with Gasteiger partial charge in [0.25, 0.3) is 5.91 Å². The number of halogens is 1. The molecule has 2 aromatic heterocycles. The van der Waals surface area contributed by atoms with Crippen molar-refractivity contribution >= 4 is 38.8 Å². The Bertz CT molecular complexity index is 1610. The van der Waals surface area contributed by atoms with Crippen LogP contribution in [-0.4, -0.2) is 58.3 Å². The van der Waals surface area contributed by atoms with E-state index in [-0.39, 0.29) is 47.1 Å². The van der Waals surface area contributed by atoms with Crippen LogP contribution in [0, 0.1) is 24.1 Å². The highest BCUT2D eigenvalue weighted by Crippen LogP contribution is 2.40. The van der Waals surface area contributed by atoms with Gasteiger partial charge in [-0.05, 0) is 43.7 Å². The number of rotatable bonds is 6. The van der Waals surface area contributed by atoms with Gasteiger partial charge < -0.3 is 25.8 Å². The van der Waals surface area contributed by atoms with Gasteiger partial charge in [0.1, 0.15) is 23.0 Å². The molecule has 12 heteroatoms. The molecule has 4 N–H and O–H groups in total. The number of fused-ring (bicyclic) bond motifs is 1. The number of hydrogen-bond donors (Lipinski definition) is 3. The lowest BCUT2D eigenvalue weighted by Crippen LogP contribution is -2.34. The summed E-state index contributed by atoms with van der Waals surface area (Å²) >= 11 is 1.52. The number of carbonyl (C=O) groups is 1. The molecule has 0 aliphatic carbocycles. The molecule has 1 fully saturated rings. The highest BCUT2D eigenvalue weighted by Gasteiger charge is 2.33. The van der Waals surface area contributed by atoms with Crippen molar-refractivity contribution in [1.82, 2.24) is 15.0 Å². The summed E-state index contributed by atoms with van der Waals surface area (Å²) in [5.41, 5.74) is 7.50. The van der Waals surface area contributed by atoms with Gasteiger partial charge in [-0.1, -0.05) is 0 Å². The van der Waals surface area contributed by atoms with Crippen LogP contribution in [0.15, 0.2) is 36.5 Å². The fourth-order valence-electron chi connectivity index (χ4n) is 4.65. The number of nitrogens with zero attached hydrogens (tertiary/aromatic N) is 5. The zero-order chi connectivity index (χ0) is 27.7. The molecule has 0 spiro atoms. The number of nitriles is 1. The van der Waals surface area contributed by atoms with Crippen LogP contribution in [0.3, 0.4) is 0 Å². The second-order valence-corrected chi connectivity index (χ2v) is 10.0. The van der Waals surface area contributed by atoms with E-state index in [1.165, 1.54) is 35.7 Å². The largest absolute Gasteiger partial charge is 0.496 e. The Kier molecular flexibility index (Phi) is 6.55. The Morgan fingerprint density at radius 2 is 2.24 bits per heavy atom. The molecule has 1 aliphatic heterocycles. The van der Waals surface area contributed by atoms with Crippen molar-refractivity contribution < 1.29 is 20.4 Å². The second kappa shape index (κ2) is 10.3. The fraction of sp³-hybridized carbons (Fsp3) is 0.269. The summed E-state index contributed by atoms with van der Waals surface area (Å²) < 4.78 is 28.6. The number of hydrogen-bond acceptors (Lipinski definition) is 10. The van der Waals surface area contributed by atoms with Crippen molar-refractivity contribution in [3.8, 4) is 23.2 Å². The monoisotopic (exact) mass is 534 g/mol. The zero-order valence-electron chi connectivity index (χ0n) is 21.3. The van der Waals surface area contributed by atoms with Crippen molar-refractivity contribution in [3.63, 3.8) is 0 Å². The van der Waals surface area contributed by atoms with E-state index in [4.69, 9.17) is 11.8 Å². The van der Waals surface area contributed by atoms with E-state index in [9.17, 15) is 15.2 Å². The summed E-state index contributed by atoms with van der Waals surface area (Å²) in [5, 5.41) is 23.0. The number of nitrogens with one attached hydrogen (secondary N) is 1. The Morgan fingerprint density at radius 3 is 3.00 bits per heavy atom. The number of carbonyl (C=O) groups excluding carboxylic acids is 1. The number of ether oxygens (including phenoxy) is 1. The van der Waals surface area contributed by atoms with E-state index in [1.54, 1.807) is 12.1 Å². The Balaban J connectivity index is 1.54. The van der Waals surface area contributed by atoms with Gasteiger partial charge in [-0.15, -0.1) is 11.3 Å². The van der Waals surface area contributed by atoms with Gasteiger partial charge in [-0.25, -0.2) is 19.3 Å². The summed E-state index contributed by atoms with van der Waals surface area (Å²) in [4.78, 5) is 28.4. The normalized spacial score (nSPS) is 17.3. The number of aliphatic hydroxyl groups is 1. The van der Waals surface area contributed by atoms with Gasteiger partial charge in [0.05, 0.1) is 53.3 Å². The maximum Gasteiger partial charge on any atom is 0.274 e. The molecule has 2 aromatic carbocycles. The van der Waals surface area contributed by atoms with E-state index in [1.807, 2.05) is 17.9 Å². The third-order valence-electron chi connectivity index (χ3n) is 6.33. The van der Waals surface area contributed by atoms with Gasteiger partial charge in [-0.2, -0.15) is 5.26 Å². The highest BCUT2D eigenvalue weighted by atomic mass is 32.1. The standard InChI is InChI=1S/C26H24FN7O3S/c1-13-31-23-20(38-13)6-4-17(24(23)34-11-15(29)9-16(34)12-35)33-26(36)18-7-8-30-25(32-18)21-19(37-2)5-3-14(10-28)22(21)27/h3-8,15-16,35H,9,11-12,29H2,1-2H3,(H,33,36)/t15-,16+/m1/s1/i2D. The summed E-state index contributed by atoms with van der Waals surface area (Å²) in [5.74, 6) is -1.69. The number of aliphatic hydroxyl groups excluding tert-OH is 1. The maximum atomic E-state index is 15.1. The van der Waals surface area contributed by atoms with E-state index in [2.05, 4.69) is 20.3 Å². The topological polar surface area (TPSA) is 150 Å². The van der Waals surface area contributed by atoms with Crippen LogP contribution in [-0.2, 0) is 0 Å². The molecular formula is C26H24FN7O3S. The molecule has 2 atom stereocenters. The number of aromatic nitrogens is 3. The van der Waals surface area contributed by atoms with Crippen molar-refractivity contribution in [2.75, 3.05) is 30.5 Å². The molecular weight excluding hydrogens is 509 g/mol. The minimum Gasteiger partial charge on any atom is -0.496 e. The molecule has 1 aliphatic rings. The maximum absolute atomic E-state index is 15.1. The first-order valence-corrected chi connectivity index (χ1v) is 12.5. The average Bonchev–Trinajstić information content (AvgIpc) is 3.50. The second-order valence-electron chi connectivity index (χ2n) is 8.80. The summed E-state index contributed by atoms with van der Waals surface area (Å²) in [7, 11) is -0.491. The third kappa shape index (κ3) is 4.51. The Labute approximate surface area is 222 Å². The SMILES string of the molecule is [2H]COc1ccc(C#N)c(F)c1-c1nccc(C(=O)Nc2ccc3sc(C)nc3c2N2C[C@H](N)C[C@H]2CO)n1. The fourth-order valence-corrected chi connectivity index (χ4v) is 5.48. The summed E-state index contributed by atoms with van der Waals surface area (Å²) in [6, 6.07) is 8.98. The van der Waals surface area contributed by atoms with Gasteiger partial charge in [0.15, 0.2) is 11.6 Å². The number of methoxy groups -OCH3 is 1. The number of anilines is 2. The number of benzene rings is 2. The molecule has 38 heavy (non-hydrogen) atoms. The van der Waals surface area contributed by atoms with Crippen molar-refractivity contribution in [2.24, 2.45) is 5.73 Å². The van der Waals surface area contributed by atoms with Gasteiger partial charge >= 0.3 is 0 Å². The first-order valence-electron chi connectivity index (χ1n) is 12.4. The molecule has 4 aromatic rings. The molecule has 194 valence electrons. The molecule has 5 rings (SSSR count). The summed E-state index contributed by atoms with van der Waals surface area (Å²) in [6.45, 7) is 2.27. The van der Waals surface area contributed by atoms with Gasteiger partial charge in [0, 0.05) is 18.8 Å².